The molecule has 3 rings (SSSR count). The Morgan fingerprint density at radius 3 is 2.88 bits per heavy atom. The molecule has 0 radical (unpaired) electrons. The summed E-state index contributed by atoms with van der Waals surface area (Å²) in [6.45, 7) is 0. The number of thiazole rings is 1. The number of hydrogen-bond acceptors (Lipinski definition) is 6. The standard InChI is InChI=1S/C9H4ClN3S3/c10-7-8(15-16-13-7)12-9-11-5-3-1-2-4-6(5)14-9/h1-4H. The second kappa shape index (κ2) is 4.21. The van der Waals surface area contributed by atoms with Gasteiger partial charge in [0.2, 0.25) is 5.13 Å². The van der Waals surface area contributed by atoms with E-state index in [0.717, 1.165) is 20.0 Å². The first-order valence-corrected chi connectivity index (χ1v) is 7.65. The molecular formula is C9H4ClN3S3. The summed E-state index contributed by atoms with van der Waals surface area (Å²) < 4.78 is 5.83. The van der Waals surface area contributed by atoms with E-state index in [0.29, 0.717) is 5.15 Å². The molecule has 0 saturated carbocycles. The van der Waals surface area contributed by atoms with Gasteiger partial charge in [0.05, 0.1) is 10.2 Å². The summed E-state index contributed by atoms with van der Waals surface area (Å²) in [5.74, 6) is 0. The first kappa shape index (κ1) is 10.3. The number of nitrogens with zero attached hydrogens (tertiary/aromatic N) is 3. The van der Waals surface area contributed by atoms with Crippen LogP contribution in [-0.4, -0.2) is 9.36 Å². The molecule has 2 heterocycles. The van der Waals surface area contributed by atoms with E-state index in [2.05, 4.69) is 14.3 Å². The molecule has 0 spiro atoms. The summed E-state index contributed by atoms with van der Waals surface area (Å²) in [7, 11) is 2.79. The number of halogens is 1. The van der Waals surface area contributed by atoms with Crippen LogP contribution >= 0.6 is 43.8 Å². The van der Waals surface area contributed by atoms with Gasteiger partial charge in [-0.15, -0.1) is 0 Å². The first-order chi connectivity index (χ1) is 7.83. The molecule has 0 saturated heterocycles. The summed E-state index contributed by atoms with van der Waals surface area (Å²) in [4.78, 5) is 8.79. The molecule has 0 N–H and O–H groups in total. The van der Waals surface area contributed by atoms with Crippen molar-refractivity contribution in [2.45, 2.75) is 0 Å². The maximum Gasteiger partial charge on any atom is 0.211 e. The lowest BCUT2D eigenvalue weighted by molar-refractivity contribution is 1.33. The molecule has 0 unspecified atom stereocenters. The van der Waals surface area contributed by atoms with Crippen LogP contribution in [0.5, 0.6) is 0 Å². The zero-order valence-electron chi connectivity index (χ0n) is 7.75. The quantitative estimate of drug-likeness (QED) is 0.640. The van der Waals surface area contributed by atoms with Crippen molar-refractivity contribution in [2.75, 3.05) is 0 Å². The van der Waals surface area contributed by atoms with Crippen LogP contribution in [0.4, 0.5) is 5.13 Å². The monoisotopic (exact) mass is 285 g/mol. The fraction of sp³-hybridized carbons (Fsp3) is 0. The SMILES string of the molecule is Clc1nssc1=Nc1nc2ccccc2s1. The van der Waals surface area contributed by atoms with Crippen molar-refractivity contribution in [1.29, 1.82) is 0 Å². The van der Waals surface area contributed by atoms with Crippen LogP contribution in [0.25, 0.3) is 10.2 Å². The number of para-hydroxylation sites is 1. The van der Waals surface area contributed by atoms with Gasteiger partial charge in [0.15, 0.2) is 9.82 Å². The maximum atomic E-state index is 5.88. The first-order valence-electron chi connectivity index (χ1n) is 4.35. The lowest BCUT2D eigenvalue weighted by Crippen LogP contribution is -1.91. The van der Waals surface area contributed by atoms with E-state index >= 15 is 0 Å². The number of hydrogen-bond donors (Lipinski definition) is 0. The van der Waals surface area contributed by atoms with Crippen molar-refractivity contribution in [3.63, 3.8) is 0 Å². The molecule has 0 aliphatic carbocycles. The minimum absolute atomic E-state index is 0.453. The molecule has 3 nitrogen and oxygen atoms in total. The highest BCUT2D eigenvalue weighted by Gasteiger charge is 2.03. The summed E-state index contributed by atoms with van der Waals surface area (Å²) >= 11 is 7.43. The fourth-order valence-electron chi connectivity index (χ4n) is 1.22. The van der Waals surface area contributed by atoms with Gasteiger partial charge in [-0.3, -0.25) is 0 Å². The summed E-state index contributed by atoms with van der Waals surface area (Å²) in [6.07, 6.45) is 0. The van der Waals surface area contributed by atoms with Crippen molar-refractivity contribution in [1.82, 2.24) is 9.36 Å². The predicted octanol–water partition coefficient (Wildman–Crippen LogP) is 3.70. The van der Waals surface area contributed by atoms with Crippen molar-refractivity contribution in [3.8, 4) is 0 Å². The third kappa shape index (κ3) is 1.89. The van der Waals surface area contributed by atoms with Crippen molar-refractivity contribution in [2.24, 2.45) is 4.99 Å². The van der Waals surface area contributed by atoms with Gasteiger partial charge in [0.25, 0.3) is 0 Å². The van der Waals surface area contributed by atoms with E-state index in [9.17, 15) is 0 Å². The molecule has 7 heteroatoms. The van der Waals surface area contributed by atoms with Gasteiger partial charge in [-0.2, -0.15) is 4.37 Å². The highest BCUT2D eigenvalue weighted by Crippen LogP contribution is 2.27. The fourth-order valence-corrected chi connectivity index (χ4v) is 4.09. The van der Waals surface area contributed by atoms with E-state index in [1.165, 1.54) is 20.9 Å². The van der Waals surface area contributed by atoms with Crippen molar-refractivity contribution in [3.05, 3.63) is 34.1 Å². The number of fused-ring (bicyclic) bond motifs is 1. The number of rotatable bonds is 1. The van der Waals surface area contributed by atoms with E-state index in [4.69, 9.17) is 11.6 Å². The molecule has 0 amide bonds. The molecule has 3 aromatic rings. The topological polar surface area (TPSA) is 38.1 Å². The van der Waals surface area contributed by atoms with Crippen molar-refractivity contribution >= 4 is 59.2 Å². The Morgan fingerprint density at radius 2 is 2.12 bits per heavy atom. The Morgan fingerprint density at radius 1 is 1.25 bits per heavy atom. The van der Waals surface area contributed by atoms with Crippen LogP contribution in [0.2, 0.25) is 5.15 Å². The van der Waals surface area contributed by atoms with Gasteiger partial charge in [-0.05, 0) is 22.5 Å². The van der Waals surface area contributed by atoms with Gasteiger partial charge in [0.1, 0.15) is 0 Å². The van der Waals surface area contributed by atoms with Gasteiger partial charge in [-0.1, -0.05) is 35.1 Å². The number of aromatic nitrogens is 2. The maximum absolute atomic E-state index is 5.88. The Balaban J connectivity index is 2.18. The van der Waals surface area contributed by atoms with Crippen molar-refractivity contribution < 1.29 is 0 Å². The van der Waals surface area contributed by atoms with Crippen LogP contribution < -0.4 is 4.67 Å². The Hall–Kier alpha value is -0.820. The smallest absolute Gasteiger partial charge is 0.211 e. The Bertz CT molecular complexity index is 664. The van der Waals surface area contributed by atoms with E-state index in [1.54, 1.807) is 11.3 Å². The van der Waals surface area contributed by atoms with Gasteiger partial charge < -0.3 is 0 Å². The minimum atomic E-state index is 0.453. The van der Waals surface area contributed by atoms with Gasteiger partial charge in [0, 0.05) is 10.5 Å². The van der Waals surface area contributed by atoms with Crippen LogP contribution in [0.3, 0.4) is 0 Å². The molecule has 1 aromatic carbocycles. The molecule has 0 aliphatic rings. The predicted molar refractivity (Wildman–Crippen MR) is 69.8 cm³/mol. The van der Waals surface area contributed by atoms with Crippen LogP contribution in [-0.2, 0) is 0 Å². The Labute approximate surface area is 107 Å². The van der Waals surface area contributed by atoms with E-state index < -0.39 is 0 Å². The molecule has 80 valence electrons. The molecular weight excluding hydrogens is 282 g/mol. The van der Waals surface area contributed by atoms with Crippen LogP contribution in [0, 0.1) is 0 Å². The van der Waals surface area contributed by atoms with Gasteiger partial charge in [-0.25, -0.2) is 9.98 Å². The highest BCUT2D eigenvalue weighted by molar-refractivity contribution is 7.66. The molecule has 2 aromatic heterocycles. The molecule has 0 bridgehead atoms. The average Bonchev–Trinajstić information content (AvgIpc) is 2.85. The summed E-state index contributed by atoms with van der Waals surface area (Å²) in [5.41, 5.74) is 0.968. The Kier molecular flexibility index (Phi) is 2.72. The second-order valence-electron chi connectivity index (χ2n) is 2.92. The number of benzene rings is 1. The third-order valence-electron chi connectivity index (χ3n) is 1.89. The third-order valence-corrected chi connectivity index (χ3v) is 4.99. The normalized spacial score (nSPS) is 12.4. The molecule has 0 atom stereocenters. The average molecular weight is 286 g/mol. The van der Waals surface area contributed by atoms with Crippen LogP contribution in [0.1, 0.15) is 0 Å². The molecule has 16 heavy (non-hydrogen) atoms. The minimum Gasteiger partial charge on any atom is -0.218 e. The highest BCUT2D eigenvalue weighted by atomic mass is 35.5. The second-order valence-corrected chi connectivity index (χ2v) is 6.12. The lowest BCUT2D eigenvalue weighted by atomic mass is 10.3. The summed E-state index contributed by atoms with van der Waals surface area (Å²) in [6, 6.07) is 7.96. The zero-order chi connectivity index (χ0) is 11.0. The molecule has 0 aliphatic heterocycles. The van der Waals surface area contributed by atoms with Crippen LogP contribution in [0.15, 0.2) is 29.3 Å². The zero-order valence-corrected chi connectivity index (χ0v) is 11.0. The van der Waals surface area contributed by atoms with E-state index in [1.807, 2.05) is 24.3 Å². The lowest BCUT2D eigenvalue weighted by Gasteiger charge is -1.80. The summed E-state index contributed by atoms with van der Waals surface area (Å²) in [5, 5.41) is 1.17. The van der Waals surface area contributed by atoms with E-state index in [-0.39, 0.29) is 0 Å². The largest absolute Gasteiger partial charge is 0.218 e. The molecule has 0 fully saturated rings. The van der Waals surface area contributed by atoms with Gasteiger partial charge >= 0.3 is 0 Å².